The minimum atomic E-state index is 0.0931. The topological polar surface area (TPSA) is 33.2 Å². The highest BCUT2D eigenvalue weighted by molar-refractivity contribution is 6.29. The number of carbonyl (C=O) groups excluding carboxylic acids is 1. The summed E-state index contributed by atoms with van der Waals surface area (Å²) in [6, 6.07) is 3.94. The smallest absolute Gasteiger partial charge is 0.254 e. The lowest BCUT2D eigenvalue weighted by atomic mass is 10.1. The van der Waals surface area contributed by atoms with Crippen molar-refractivity contribution in [3.05, 3.63) is 28.5 Å². The van der Waals surface area contributed by atoms with E-state index in [1.807, 2.05) is 11.0 Å². The standard InChI is InChI=1S/C15H21ClN2O/c1-4-12-6-5-7-18(12)15(19)11-8-13(10(2)3)17-14(16)9-11/h8-10,12H,4-7H2,1-3H3. The first-order valence-corrected chi connectivity index (χ1v) is 7.39. The van der Waals surface area contributed by atoms with Crippen molar-refractivity contribution in [3.63, 3.8) is 0 Å². The fourth-order valence-electron chi connectivity index (χ4n) is 2.63. The third-order valence-electron chi connectivity index (χ3n) is 3.76. The van der Waals surface area contributed by atoms with Gasteiger partial charge in [0.2, 0.25) is 0 Å². The Bertz CT molecular complexity index is 473. The molecule has 19 heavy (non-hydrogen) atoms. The Balaban J connectivity index is 2.28. The van der Waals surface area contributed by atoms with E-state index in [4.69, 9.17) is 11.6 Å². The molecule has 0 N–H and O–H groups in total. The van der Waals surface area contributed by atoms with Crippen LogP contribution in [0.1, 0.15) is 62.0 Å². The molecule has 2 rings (SSSR count). The molecule has 0 radical (unpaired) electrons. The van der Waals surface area contributed by atoms with Crippen molar-refractivity contribution in [1.82, 2.24) is 9.88 Å². The van der Waals surface area contributed by atoms with Gasteiger partial charge in [0, 0.05) is 23.8 Å². The molecule has 0 aliphatic carbocycles. The molecular weight excluding hydrogens is 260 g/mol. The average Bonchev–Trinajstić information content (AvgIpc) is 2.85. The zero-order valence-corrected chi connectivity index (χ0v) is 12.6. The molecule has 104 valence electrons. The highest BCUT2D eigenvalue weighted by atomic mass is 35.5. The lowest BCUT2D eigenvalue weighted by Crippen LogP contribution is -2.35. The van der Waals surface area contributed by atoms with E-state index in [1.165, 1.54) is 0 Å². The third kappa shape index (κ3) is 3.08. The van der Waals surface area contributed by atoms with Crippen molar-refractivity contribution in [2.45, 2.75) is 52.0 Å². The van der Waals surface area contributed by atoms with Crippen molar-refractivity contribution >= 4 is 17.5 Å². The van der Waals surface area contributed by atoms with Crippen LogP contribution in [-0.4, -0.2) is 28.4 Å². The number of likely N-dealkylation sites (tertiary alicyclic amines) is 1. The third-order valence-corrected chi connectivity index (χ3v) is 3.96. The van der Waals surface area contributed by atoms with Gasteiger partial charge in [-0.1, -0.05) is 32.4 Å². The van der Waals surface area contributed by atoms with Crippen molar-refractivity contribution in [1.29, 1.82) is 0 Å². The van der Waals surface area contributed by atoms with Crippen LogP contribution in [0, 0.1) is 0 Å². The van der Waals surface area contributed by atoms with Crippen LogP contribution in [0.2, 0.25) is 5.15 Å². The second-order valence-corrected chi connectivity index (χ2v) is 5.85. The van der Waals surface area contributed by atoms with E-state index in [0.717, 1.165) is 31.5 Å². The summed E-state index contributed by atoms with van der Waals surface area (Å²) in [5.74, 6) is 0.362. The lowest BCUT2D eigenvalue weighted by Gasteiger charge is -2.24. The first-order valence-electron chi connectivity index (χ1n) is 7.01. The van der Waals surface area contributed by atoms with E-state index in [2.05, 4.69) is 25.8 Å². The normalized spacial score (nSPS) is 19.2. The van der Waals surface area contributed by atoms with Crippen molar-refractivity contribution in [2.75, 3.05) is 6.54 Å². The van der Waals surface area contributed by atoms with Gasteiger partial charge in [0.05, 0.1) is 0 Å². The molecule has 1 fully saturated rings. The SMILES string of the molecule is CCC1CCCN1C(=O)c1cc(Cl)nc(C(C)C)c1. The van der Waals surface area contributed by atoms with Crippen molar-refractivity contribution in [3.8, 4) is 0 Å². The molecule has 0 bridgehead atoms. The van der Waals surface area contributed by atoms with Crippen LogP contribution < -0.4 is 0 Å². The summed E-state index contributed by atoms with van der Waals surface area (Å²) in [5.41, 5.74) is 1.55. The predicted molar refractivity (Wildman–Crippen MR) is 77.7 cm³/mol. The maximum atomic E-state index is 12.6. The molecule has 0 spiro atoms. The van der Waals surface area contributed by atoms with Crippen LogP contribution in [0.15, 0.2) is 12.1 Å². The van der Waals surface area contributed by atoms with Gasteiger partial charge in [0.1, 0.15) is 5.15 Å². The van der Waals surface area contributed by atoms with Crippen molar-refractivity contribution in [2.24, 2.45) is 0 Å². The van der Waals surface area contributed by atoms with Gasteiger partial charge in [-0.2, -0.15) is 0 Å². The Kier molecular flexibility index (Phi) is 4.46. The number of hydrogen-bond donors (Lipinski definition) is 0. The van der Waals surface area contributed by atoms with Crippen LogP contribution in [-0.2, 0) is 0 Å². The molecule has 1 aliphatic heterocycles. The van der Waals surface area contributed by atoms with Gasteiger partial charge in [0.15, 0.2) is 0 Å². The molecular formula is C15H21ClN2O. The zero-order chi connectivity index (χ0) is 14.0. The highest BCUT2D eigenvalue weighted by Crippen LogP contribution is 2.24. The van der Waals surface area contributed by atoms with Gasteiger partial charge >= 0.3 is 0 Å². The van der Waals surface area contributed by atoms with E-state index < -0.39 is 0 Å². The molecule has 2 heterocycles. The second-order valence-electron chi connectivity index (χ2n) is 5.46. The summed E-state index contributed by atoms with van der Waals surface area (Å²) in [4.78, 5) is 18.8. The second kappa shape index (κ2) is 5.91. The molecule has 4 heteroatoms. The summed E-state index contributed by atoms with van der Waals surface area (Å²) in [7, 11) is 0. The summed E-state index contributed by atoms with van der Waals surface area (Å²) in [5, 5.41) is 0.404. The largest absolute Gasteiger partial charge is 0.336 e. The van der Waals surface area contributed by atoms with Crippen LogP contribution in [0.4, 0.5) is 0 Å². The highest BCUT2D eigenvalue weighted by Gasteiger charge is 2.28. The summed E-state index contributed by atoms with van der Waals surface area (Å²) in [6.07, 6.45) is 3.22. The average molecular weight is 281 g/mol. The summed E-state index contributed by atoms with van der Waals surface area (Å²) < 4.78 is 0. The number of halogens is 1. The van der Waals surface area contributed by atoms with Crippen LogP contribution in [0.25, 0.3) is 0 Å². The Morgan fingerprint density at radius 2 is 2.26 bits per heavy atom. The summed E-state index contributed by atoms with van der Waals surface area (Å²) >= 11 is 6.03. The number of rotatable bonds is 3. The number of nitrogens with zero attached hydrogens (tertiary/aromatic N) is 2. The minimum absolute atomic E-state index is 0.0931. The zero-order valence-electron chi connectivity index (χ0n) is 11.8. The van der Waals surface area contributed by atoms with E-state index >= 15 is 0 Å². The fraction of sp³-hybridized carbons (Fsp3) is 0.600. The van der Waals surface area contributed by atoms with E-state index in [1.54, 1.807) is 6.07 Å². The number of amides is 1. The monoisotopic (exact) mass is 280 g/mol. The van der Waals surface area contributed by atoms with Gasteiger partial charge in [-0.15, -0.1) is 0 Å². The van der Waals surface area contributed by atoms with Gasteiger partial charge in [-0.05, 0) is 37.3 Å². The van der Waals surface area contributed by atoms with E-state index in [-0.39, 0.29) is 11.8 Å². The van der Waals surface area contributed by atoms with Crippen LogP contribution >= 0.6 is 11.6 Å². The Hall–Kier alpha value is -1.09. The van der Waals surface area contributed by atoms with Crippen LogP contribution in [0.3, 0.4) is 0 Å². The maximum absolute atomic E-state index is 12.6. The minimum Gasteiger partial charge on any atom is -0.336 e. The Labute approximate surface area is 120 Å². The quantitative estimate of drug-likeness (QED) is 0.788. The van der Waals surface area contributed by atoms with E-state index in [9.17, 15) is 4.79 Å². The molecule has 0 aromatic carbocycles. The van der Waals surface area contributed by atoms with Crippen LogP contribution in [0.5, 0.6) is 0 Å². The fourth-order valence-corrected chi connectivity index (χ4v) is 2.84. The van der Waals surface area contributed by atoms with E-state index in [0.29, 0.717) is 16.8 Å². The molecule has 1 atom stereocenters. The number of aromatic nitrogens is 1. The molecule has 1 aliphatic rings. The molecule has 1 unspecified atom stereocenters. The molecule has 1 aromatic heterocycles. The molecule has 3 nitrogen and oxygen atoms in total. The lowest BCUT2D eigenvalue weighted by molar-refractivity contribution is 0.0733. The maximum Gasteiger partial charge on any atom is 0.254 e. The molecule has 1 amide bonds. The number of hydrogen-bond acceptors (Lipinski definition) is 2. The first-order chi connectivity index (χ1) is 9.02. The molecule has 1 aromatic rings. The van der Waals surface area contributed by atoms with Gasteiger partial charge in [0.25, 0.3) is 5.91 Å². The molecule has 1 saturated heterocycles. The first kappa shape index (κ1) is 14.3. The van der Waals surface area contributed by atoms with Gasteiger partial charge in [-0.25, -0.2) is 4.98 Å². The van der Waals surface area contributed by atoms with Gasteiger partial charge < -0.3 is 4.90 Å². The predicted octanol–water partition coefficient (Wildman–Crippen LogP) is 3.87. The van der Waals surface area contributed by atoms with Gasteiger partial charge in [-0.3, -0.25) is 4.79 Å². The Morgan fingerprint density at radius 3 is 2.89 bits per heavy atom. The number of carbonyl (C=O) groups is 1. The number of pyridine rings is 1. The molecule has 0 saturated carbocycles. The van der Waals surface area contributed by atoms with Crippen molar-refractivity contribution < 1.29 is 4.79 Å². The summed E-state index contributed by atoms with van der Waals surface area (Å²) in [6.45, 7) is 7.10. The Morgan fingerprint density at radius 1 is 1.53 bits per heavy atom.